The highest BCUT2D eigenvalue weighted by molar-refractivity contribution is 6.15. The predicted octanol–water partition coefficient (Wildman–Crippen LogP) is 7.97. The van der Waals surface area contributed by atoms with Crippen LogP contribution in [0.15, 0.2) is 157 Å². The van der Waals surface area contributed by atoms with Gasteiger partial charge in [-0.3, -0.25) is 0 Å². The fourth-order valence-electron chi connectivity index (χ4n) is 6.10. The van der Waals surface area contributed by atoms with Crippen LogP contribution in [0.25, 0.3) is 11.3 Å². The third-order valence-electron chi connectivity index (χ3n) is 7.59. The molecule has 2 heteroatoms. The maximum Gasteiger partial charge on any atom is 0.128 e. The van der Waals surface area contributed by atoms with Gasteiger partial charge < -0.3 is 0 Å². The molecule has 0 bridgehead atoms. The Kier molecular flexibility index (Phi) is 5.11. The van der Waals surface area contributed by atoms with Crippen LogP contribution in [-0.4, -0.2) is 10.7 Å². The van der Waals surface area contributed by atoms with Gasteiger partial charge >= 0.3 is 0 Å². The highest BCUT2D eigenvalue weighted by atomic mass is 15.6. The molecule has 0 spiro atoms. The average molecular weight is 475 g/mol. The lowest BCUT2D eigenvalue weighted by Crippen LogP contribution is -2.53. The van der Waals surface area contributed by atoms with Crippen molar-refractivity contribution in [3.05, 3.63) is 179 Å². The quantitative estimate of drug-likeness (QED) is 0.252. The van der Waals surface area contributed by atoms with E-state index in [4.69, 9.17) is 5.10 Å². The lowest BCUT2D eigenvalue weighted by molar-refractivity contribution is 0.214. The molecule has 0 fully saturated rings. The highest BCUT2D eigenvalue weighted by Crippen LogP contribution is 2.66. The van der Waals surface area contributed by atoms with E-state index < -0.39 is 5.54 Å². The van der Waals surface area contributed by atoms with E-state index in [1.165, 1.54) is 33.5 Å². The molecule has 0 saturated heterocycles. The van der Waals surface area contributed by atoms with Crippen molar-refractivity contribution in [1.82, 2.24) is 5.01 Å². The number of hydrogen-bond donors (Lipinski definition) is 0. The molecule has 2 nitrogen and oxygen atoms in total. The summed E-state index contributed by atoms with van der Waals surface area (Å²) < 4.78 is 0. The predicted molar refractivity (Wildman–Crippen MR) is 152 cm³/mol. The number of hydrazone groups is 1. The largest absolute Gasteiger partial charge is 0.248 e. The lowest BCUT2D eigenvalue weighted by atomic mass is 9.61. The van der Waals surface area contributed by atoms with E-state index in [0.717, 1.165) is 11.3 Å². The van der Waals surface area contributed by atoms with Crippen molar-refractivity contribution in [2.24, 2.45) is 5.10 Å². The van der Waals surface area contributed by atoms with Gasteiger partial charge in [-0.1, -0.05) is 152 Å². The van der Waals surface area contributed by atoms with Gasteiger partial charge in [0.15, 0.2) is 0 Å². The molecule has 0 aromatic heterocycles. The van der Waals surface area contributed by atoms with Gasteiger partial charge in [0, 0.05) is 11.1 Å². The summed E-state index contributed by atoms with van der Waals surface area (Å²) in [5, 5.41) is 7.76. The summed E-state index contributed by atoms with van der Waals surface area (Å²) in [6.45, 7) is 0. The molecule has 2 heterocycles. The highest BCUT2D eigenvalue weighted by Gasteiger charge is 2.64. The molecule has 0 radical (unpaired) electrons. The molecule has 5 aromatic rings. The fourth-order valence-corrected chi connectivity index (χ4v) is 6.10. The van der Waals surface area contributed by atoms with Gasteiger partial charge in [-0.2, -0.15) is 5.10 Å². The molecule has 0 unspecified atom stereocenters. The Hall–Kier alpha value is -4.69. The third-order valence-corrected chi connectivity index (χ3v) is 7.59. The molecule has 0 amide bonds. The Morgan fingerprint density at radius 2 is 0.946 bits per heavy atom. The SMILES string of the molecule is c1ccc(C2=NN3C(c4ccccc4)=C(c4ccccc4)[C@@]3(c3ccccc3)[C@@H]2c2ccccc2)cc1. The zero-order chi connectivity index (χ0) is 24.7. The van der Waals surface area contributed by atoms with Gasteiger partial charge in [0.2, 0.25) is 0 Å². The van der Waals surface area contributed by atoms with Crippen molar-refractivity contribution in [3.63, 3.8) is 0 Å². The van der Waals surface area contributed by atoms with Gasteiger partial charge in [-0.15, -0.1) is 0 Å². The number of rotatable bonds is 5. The van der Waals surface area contributed by atoms with Crippen molar-refractivity contribution >= 4 is 17.0 Å². The Bertz CT molecular complexity index is 1590. The normalized spacial score (nSPS) is 20.3. The van der Waals surface area contributed by atoms with E-state index in [0.29, 0.717) is 0 Å². The maximum atomic E-state index is 5.46. The van der Waals surface area contributed by atoms with E-state index >= 15 is 0 Å². The first kappa shape index (κ1) is 21.6. The van der Waals surface area contributed by atoms with E-state index in [1.807, 2.05) is 0 Å². The standard InChI is InChI=1S/C35H26N2/c1-6-16-26(17-7-1)31-33(28-20-10-3-11-21-28)36-37-34(29-22-12-4-13-23-29)32(27-18-8-2-9-19-27)35(31,37)30-24-14-5-15-25-30/h1-25,31H/t31-,35-/m1/s1. The molecule has 0 aliphatic carbocycles. The minimum atomic E-state index is -0.472. The maximum absolute atomic E-state index is 5.46. The zero-order valence-electron chi connectivity index (χ0n) is 20.4. The second kappa shape index (κ2) is 8.76. The Morgan fingerprint density at radius 1 is 0.486 bits per heavy atom. The van der Waals surface area contributed by atoms with E-state index in [9.17, 15) is 0 Å². The van der Waals surface area contributed by atoms with Crippen LogP contribution in [0, 0.1) is 0 Å². The van der Waals surface area contributed by atoms with Crippen LogP contribution in [0.2, 0.25) is 0 Å². The number of hydrogen-bond acceptors (Lipinski definition) is 2. The summed E-state index contributed by atoms with van der Waals surface area (Å²) in [6, 6.07) is 54.0. The van der Waals surface area contributed by atoms with Crippen LogP contribution < -0.4 is 0 Å². The van der Waals surface area contributed by atoms with Gasteiger partial charge in [-0.05, 0) is 22.3 Å². The van der Waals surface area contributed by atoms with Gasteiger partial charge in [-0.25, -0.2) is 5.01 Å². The van der Waals surface area contributed by atoms with Crippen LogP contribution >= 0.6 is 0 Å². The van der Waals surface area contributed by atoms with Crippen molar-refractivity contribution < 1.29 is 0 Å². The minimum absolute atomic E-state index is 0.0150. The summed E-state index contributed by atoms with van der Waals surface area (Å²) in [7, 11) is 0. The van der Waals surface area contributed by atoms with E-state index in [-0.39, 0.29) is 5.92 Å². The smallest absolute Gasteiger partial charge is 0.128 e. The zero-order valence-corrected chi connectivity index (χ0v) is 20.4. The van der Waals surface area contributed by atoms with Gasteiger partial charge in [0.25, 0.3) is 0 Å². The third kappa shape index (κ3) is 3.23. The lowest BCUT2D eigenvalue weighted by Gasteiger charge is -2.54. The van der Waals surface area contributed by atoms with Crippen molar-refractivity contribution in [2.45, 2.75) is 11.5 Å². The van der Waals surface area contributed by atoms with Crippen molar-refractivity contribution in [1.29, 1.82) is 0 Å². The summed E-state index contributed by atoms with van der Waals surface area (Å²) in [5.41, 5.74) is 9.17. The first-order chi connectivity index (χ1) is 18.4. The first-order valence-electron chi connectivity index (χ1n) is 12.8. The van der Waals surface area contributed by atoms with Crippen LogP contribution in [-0.2, 0) is 5.54 Å². The Labute approximate surface area is 217 Å². The van der Waals surface area contributed by atoms with Gasteiger partial charge in [0.1, 0.15) is 5.54 Å². The number of benzene rings is 5. The summed E-state index contributed by atoms with van der Waals surface area (Å²) in [6.07, 6.45) is 0. The fraction of sp³-hybridized carbons (Fsp3) is 0.0571. The van der Waals surface area contributed by atoms with Crippen LogP contribution in [0.1, 0.15) is 33.7 Å². The molecular formula is C35H26N2. The topological polar surface area (TPSA) is 15.6 Å². The molecule has 2 atom stereocenters. The molecular weight excluding hydrogens is 448 g/mol. The summed E-state index contributed by atoms with van der Waals surface area (Å²) >= 11 is 0. The summed E-state index contributed by atoms with van der Waals surface area (Å²) in [4.78, 5) is 0. The molecule has 2 aliphatic rings. The van der Waals surface area contributed by atoms with Crippen molar-refractivity contribution in [2.75, 3.05) is 0 Å². The monoisotopic (exact) mass is 474 g/mol. The second-order valence-corrected chi connectivity index (χ2v) is 9.59. The molecule has 37 heavy (non-hydrogen) atoms. The molecule has 0 N–H and O–H groups in total. The van der Waals surface area contributed by atoms with Crippen LogP contribution in [0.4, 0.5) is 0 Å². The number of nitrogens with zero attached hydrogens (tertiary/aromatic N) is 2. The van der Waals surface area contributed by atoms with E-state index in [2.05, 4.69) is 157 Å². The summed E-state index contributed by atoms with van der Waals surface area (Å²) in [5.74, 6) is 0.0150. The molecule has 0 saturated carbocycles. The van der Waals surface area contributed by atoms with Crippen molar-refractivity contribution in [3.8, 4) is 0 Å². The van der Waals surface area contributed by atoms with Crippen LogP contribution in [0.5, 0.6) is 0 Å². The van der Waals surface area contributed by atoms with E-state index in [1.54, 1.807) is 0 Å². The minimum Gasteiger partial charge on any atom is -0.248 e. The molecule has 7 rings (SSSR count). The molecule has 176 valence electrons. The molecule has 2 aliphatic heterocycles. The van der Waals surface area contributed by atoms with Crippen LogP contribution in [0.3, 0.4) is 0 Å². The average Bonchev–Trinajstić information content (AvgIpc) is 3.26. The second-order valence-electron chi connectivity index (χ2n) is 9.59. The molecule has 5 aromatic carbocycles. The Morgan fingerprint density at radius 3 is 1.51 bits per heavy atom. The number of fused-ring (bicyclic) bond motifs is 1. The first-order valence-corrected chi connectivity index (χ1v) is 12.8. The Balaban J connectivity index is 1.59. The van der Waals surface area contributed by atoms with Gasteiger partial charge in [0.05, 0.1) is 17.3 Å².